The molecule has 12 heteroatoms. The molecule has 11 nitrogen and oxygen atoms in total. The lowest BCUT2D eigenvalue weighted by Crippen LogP contribution is -2.62. The number of aromatic nitrogens is 5. The number of likely N-dealkylation sites (tertiary alicyclic amines) is 1. The molecule has 4 heterocycles. The third-order valence-electron chi connectivity index (χ3n) is 7.56. The van der Waals surface area contributed by atoms with Gasteiger partial charge in [0.15, 0.2) is 5.82 Å². The van der Waals surface area contributed by atoms with Crippen LogP contribution in [-0.4, -0.2) is 85.7 Å². The molecule has 2 aromatic heterocycles. The summed E-state index contributed by atoms with van der Waals surface area (Å²) in [5, 5.41) is 12.4. The Morgan fingerprint density at radius 2 is 1.83 bits per heavy atom. The SMILES string of the molecule is N#Cc1cccc(-c2ncnc(Nc3ccc(N4CCN(C5C(F)CCCN5C(=O)c5cnccn5)CC4)cc3)n2)c1. The van der Waals surface area contributed by atoms with Gasteiger partial charge in [-0.2, -0.15) is 10.2 Å². The number of halogens is 1. The van der Waals surface area contributed by atoms with Crippen LogP contribution in [0.3, 0.4) is 0 Å². The van der Waals surface area contributed by atoms with Crippen molar-refractivity contribution < 1.29 is 9.18 Å². The third-order valence-corrected chi connectivity index (χ3v) is 7.56. The highest BCUT2D eigenvalue weighted by molar-refractivity contribution is 5.92. The molecule has 1 amide bonds. The molecule has 0 saturated carbocycles. The van der Waals surface area contributed by atoms with E-state index in [2.05, 4.69) is 46.1 Å². The van der Waals surface area contributed by atoms with Gasteiger partial charge in [-0.25, -0.2) is 19.3 Å². The molecule has 0 aliphatic carbocycles. The van der Waals surface area contributed by atoms with Gasteiger partial charge in [0.1, 0.15) is 24.4 Å². The highest BCUT2D eigenvalue weighted by Crippen LogP contribution is 2.28. The maximum Gasteiger partial charge on any atom is 0.275 e. The fourth-order valence-corrected chi connectivity index (χ4v) is 5.49. The van der Waals surface area contributed by atoms with E-state index in [1.807, 2.05) is 30.3 Å². The average molecular weight is 565 g/mol. The van der Waals surface area contributed by atoms with E-state index < -0.39 is 12.3 Å². The van der Waals surface area contributed by atoms with Crippen LogP contribution in [0.2, 0.25) is 0 Å². The van der Waals surface area contributed by atoms with Gasteiger partial charge in [0.25, 0.3) is 5.91 Å². The number of piperidine rings is 1. The van der Waals surface area contributed by atoms with Crippen LogP contribution in [0.15, 0.2) is 73.4 Å². The quantitative estimate of drug-likeness (QED) is 0.371. The van der Waals surface area contributed by atoms with Crippen molar-refractivity contribution in [1.29, 1.82) is 5.26 Å². The van der Waals surface area contributed by atoms with E-state index >= 15 is 4.39 Å². The third kappa shape index (κ3) is 5.87. The second-order valence-corrected chi connectivity index (χ2v) is 10.2. The predicted molar refractivity (Wildman–Crippen MR) is 154 cm³/mol. The molecule has 2 aliphatic heterocycles. The van der Waals surface area contributed by atoms with Crippen LogP contribution in [-0.2, 0) is 0 Å². The van der Waals surface area contributed by atoms with E-state index in [0.717, 1.165) is 16.9 Å². The Balaban J connectivity index is 1.08. The molecule has 0 bridgehead atoms. The van der Waals surface area contributed by atoms with Gasteiger partial charge in [-0.3, -0.25) is 14.7 Å². The summed E-state index contributed by atoms with van der Waals surface area (Å²) in [4.78, 5) is 40.2. The minimum absolute atomic E-state index is 0.241. The normalized spacial score (nSPS) is 19.2. The molecule has 1 N–H and O–H groups in total. The molecule has 0 spiro atoms. The maximum atomic E-state index is 15.2. The van der Waals surface area contributed by atoms with Crippen LogP contribution in [0.1, 0.15) is 28.9 Å². The highest BCUT2D eigenvalue weighted by atomic mass is 19.1. The zero-order valence-electron chi connectivity index (χ0n) is 22.8. The van der Waals surface area contributed by atoms with Crippen LogP contribution in [0.25, 0.3) is 11.4 Å². The highest BCUT2D eigenvalue weighted by Gasteiger charge is 2.40. The van der Waals surface area contributed by atoms with Crippen LogP contribution >= 0.6 is 0 Å². The van der Waals surface area contributed by atoms with Gasteiger partial charge in [-0.1, -0.05) is 12.1 Å². The van der Waals surface area contributed by atoms with Gasteiger partial charge >= 0.3 is 0 Å². The lowest BCUT2D eigenvalue weighted by atomic mass is 10.0. The average Bonchev–Trinajstić information content (AvgIpc) is 3.05. The molecule has 42 heavy (non-hydrogen) atoms. The minimum atomic E-state index is -1.11. The van der Waals surface area contributed by atoms with Crippen molar-refractivity contribution in [1.82, 2.24) is 34.7 Å². The fraction of sp³-hybridized carbons (Fsp3) is 0.300. The summed E-state index contributed by atoms with van der Waals surface area (Å²) in [5.74, 6) is 0.601. The largest absolute Gasteiger partial charge is 0.369 e. The zero-order valence-corrected chi connectivity index (χ0v) is 22.8. The maximum absolute atomic E-state index is 15.2. The second-order valence-electron chi connectivity index (χ2n) is 10.2. The number of benzene rings is 2. The summed E-state index contributed by atoms with van der Waals surface area (Å²) in [7, 11) is 0. The molecular weight excluding hydrogens is 535 g/mol. The van der Waals surface area contributed by atoms with Crippen molar-refractivity contribution in [3.05, 3.63) is 84.7 Å². The lowest BCUT2D eigenvalue weighted by molar-refractivity contribution is -0.0304. The number of amides is 1. The number of rotatable bonds is 6. The Morgan fingerprint density at radius 3 is 2.60 bits per heavy atom. The molecule has 2 unspecified atom stereocenters. The van der Waals surface area contributed by atoms with Crippen LogP contribution < -0.4 is 10.2 Å². The number of carbonyl (C=O) groups is 1. The lowest BCUT2D eigenvalue weighted by Gasteiger charge is -2.47. The number of carbonyl (C=O) groups excluding carboxylic acids is 1. The predicted octanol–water partition coefficient (Wildman–Crippen LogP) is 3.67. The fourth-order valence-electron chi connectivity index (χ4n) is 5.49. The molecule has 2 aromatic carbocycles. The Labute approximate surface area is 242 Å². The van der Waals surface area contributed by atoms with Crippen molar-refractivity contribution in [2.24, 2.45) is 0 Å². The van der Waals surface area contributed by atoms with Crippen molar-refractivity contribution >= 4 is 23.2 Å². The van der Waals surface area contributed by atoms with Crippen molar-refractivity contribution in [3.8, 4) is 17.5 Å². The topological polar surface area (TPSA) is 127 Å². The first-order valence-electron chi connectivity index (χ1n) is 13.9. The van der Waals surface area contributed by atoms with E-state index in [1.54, 1.807) is 23.1 Å². The van der Waals surface area contributed by atoms with Gasteiger partial charge in [0.05, 0.1) is 17.8 Å². The second kappa shape index (κ2) is 12.2. The molecular formula is C30H29FN10O. The van der Waals surface area contributed by atoms with Gasteiger partial charge in [0.2, 0.25) is 5.95 Å². The van der Waals surface area contributed by atoms with Crippen molar-refractivity contribution in [3.63, 3.8) is 0 Å². The standard InChI is InChI=1S/C30H29FN10O/c31-25-5-2-12-41(29(42)26-19-33-10-11-34-26)28(25)40-15-13-39(14-16-40)24-8-6-23(7-9-24)37-30-36-20-35-27(38-30)22-4-1-3-21(17-22)18-32/h1,3-4,6-11,17,19-20,25,28H,2,5,12-16H2,(H,35,36,37,38). The van der Waals surface area contributed by atoms with Crippen molar-refractivity contribution in [2.75, 3.05) is 42.9 Å². The first-order chi connectivity index (χ1) is 20.6. The molecule has 2 fully saturated rings. The number of piperazine rings is 1. The molecule has 0 radical (unpaired) electrons. The Bertz CT molecular complexity index is 1570. The van der Waals surface area contributed by atoms with Gasteiger partial charge in [0, 0.05) is 62.1 Å². The molecule has 6 rings (SSSR count). The smallest absolute Gasteiger partial charge is 0.275 e. The van der Waals surface area contributed by atoms with Crippen LogP contribution in [0.4, 0.5) is 21.7 Å². The number of hydrogen-bond donors (Lipinski definition) is 1. The summed E-state index contributed by atoms with van der Waals surface area (Å²) in [6.45, 7) is 3.19. The minimum Gasteiger partial charge on any atom is -0.369 e. The summed E-state index contributed by atoms with van der Waals surface area (Å²) in [6, 6.07) is 17.2. The van der Waals surface area contributed by atoms with Gasteiger partial charge < -0.3 is 15.1 Å². The number of anilines is 3. The molecule has 2 atom stereocenters. The van der Waals surface area contributed by atoms with E-state index in [-0.39, 0.29) is 11.6 Å². The van der Waals surface area contributed by atoms with E-state index in [9.17, 15) is 10.1 Å². The van der Waals surface area contributed by atoms with Gasteiger partial charge in [-0.05, 0) is 49.2 Å². The Morgan fingerprint density at radius 1 is 1.00 bits per heavy atom. The van der Waals surface area contributed by atoms with E-state index in [4.69, 9.17) is 0 Å². The van der Waals surface area contributed by atoms with Crippen LogP contribution in [0, 0.1) is 11.3 Å². The molecule has 212 valence electrons. The number of alkyl halides is 1. The summed E-state index contributed by atoms with van der Waals surface area (Å²) < 4.78 is 15.2. The zero-order chi connectivity index (χ0) is 28.9. The summed E-state index contributed by atoms with van der Waals surface area (Å²) in [5.41, 5.74) is 3.39. The number of nitriles is 1. The van der Waals surface area contributed by atoms with E-state index in [1.165, 1.54) is 24.9 Å². The van der Waals surface area contributed by atoms with Crippen molar-refractivity contribution in [2.45, 2.75) is 25.2 Å². The number of hydrogen-bond acceptors (Lipinski definition) is 10. The number of nitrogens with one attached hydrogen (secondary N) is 1. The summed E-state index contributed by atoms with van der Waals surface area (Å²) >= 11 is 0. The molecule has 2 aliphatic rings. The number of nitrogens with zero attached hydrogens (tertiary/aromatic N) is 9. The first kappa shape index (κ1) is 27.2. The molecule has 2 saturated heterocycles. The monoisotopic (exact) mass is 564 g/mol. The Kier molecular flexibility index (Phi) is 7.91. The Hall–Kier alpha value is -5.02. The van der Waals surface area contributed by atoms with Gasteiger partial charge in [-0.15, -0.1) is 0 Å². The first-order valence-corrected chi connectivity index (χ1v) is 13.9. The summed E-state index contributed by atoms with van der Waals surface area (Å²) in [6.07, 6.45) is 5.24. The van der Waals surface area contributed by atoms with E-state index in [0.29, 0.717) is 62.9 Å². The molecule has 4 aromatic rings. The van der Waals surface area contributed by atoms with Crippen LogP contribution in [0.5, 0.6) is 0 Å².